The van der Waals surface area contributed by atoms with E-state index < -0.39 is 5.25 Å². The molecule has 2 heterocycles. The zero-order chi connectivity index (χ0) is 16.4. The summed E-state index contributed by atoms with van der Waals surface area (Å²) in [6, 6.07) is 5.56. The van der Waals surface area contributed by atoms with Gasteiger partial charge in [0.2, 0.25) is 5.91 Å². The molecular weight excluding hydrogens is 337 g/mol. The van der Waals surface area contributed by atoms with E-state index >= 15 is 0 Å². The second-order valence-electron chi connectivity index (χ2n) is 5.05. The molecule has 0 aliphatic carbocycles. The third-order valence-corrected chi connectivity index (χ3v) is 5.29. The number of carbonyl (C=O) groups excluding carboxylic acids is 1. The third-order valence-electron chi connectivity index (χ3n) is 3.33. The van der Waals surface area contributed by atoms with Gasteiger partial charge in [-0.15, -0.1) is 0 Å². The predicted molar refractivity (Wildman–Crippen MR) is 90.2 cm³/mol. The van der Waals surface area contributed by atoms with Crippen LogP contribution in [0, 0.1) is 5.82 Å². The lowest BCUT2D eigenvalue weighted by Gasteiger charge is -2.12. The Bertz CT molecular complexity index is 792. The summed E-state index contributed by atoms with van der Waals surface area (Å²) >= 11 is 2.84. The van der Waals surface area contributed by atoms with Crippen molar-refractivity contribution in [2.75, 3.05) is 5.32 Å². The van der Waals surface area contributed by atoms with E-state index in [1.807, 2.05) is 0 Å². The summed E-state index contributed by atoms with van der Waals surface area (Å²) in [5.41, 5.74) is 1.92. The number of aromatic amines is 1. The number of hydrogen-bond acceptors (Lipinski definition) is 5. The Morgan fingerprint density at radius 2 is 2.13 bits per heavy atom. The molecule has 2 N–H and O–H groups in total. The number of halogens is 1. The summed E-state index contributed by atoms with van der Waals surface area (Å²) < 4.78 is 12.9. The maximum Gasteiger partial charge on any atom is 0.255 e. The van der Waals surface area contributed by atoms with Crippen molar-refractivity contribution in [3.05, 3.63) is 51.7 Å². The molecule has 1 aromatic carbocycles. The molecule has 1 amide bonds. The van der Waals surface area contributed by atoms with E-state index in [-0.39, 0.29) is 17.3 Å². The average Bonchev–Trinajstić information content (AvgIpc) is 2.98. The summed E-state index contributed by atoms with van der Waals surface area (Å²) in [7, 11) is 0. The van der Waals surface area contributed by atoms with Gasteiger partial charge in [-0.2, -0.15) is 11.8 Å². The minimum absolute atomic E-state index is 0.131. The monoisotopic (exact) mass is 351 g/mol. The van der Waals surface area contributed by atoms with Crippen LogP contribution < -0.4 is 10.9 Å². The first-order chi connectivity index (χ1) is 11.0. The highest BCUT2D eigenvalue weighted by Crippen LogP contribution is 2.28. The molecule has 23 heavy (non-hydrogen) atoms. The molecule has 0 saturated carbocycles. The standard InChI is InChI=1S/C15H14FN3O2S2/c1-8(13(20)17-10-4-2-9(16)3-5-10)23-15-18-12-7-22-6-11(12)14(21)19-15/h2-5,8H,6-7H2,1H3,(H,17,20)(H,18,19,21). The van der Waals surface area contributed by atoms with Crippen molar-refractivity contribution in [3.8, 4) is 0 Å². The summed E-state index contributed by atoms with van der Waals surface area (Å²) in [6.45, 7) is 1.73. The van der Waals surface area contributed by atoms with Crippen LogP contribution in [0.1, 0.15) is 18.2 Å². The number of thioether (sulfide) groups is 2. The Labute approximate surface area is 140 Å². The van der Waals surface area contributed by atoms with Crippen LogP contribution in [0.5, 0.6) is 0 Å². The molecule has 5 nitrogen and oxygen atoms in total. The molecule has 3 rings (SSSR count). The number of carbonyl (C=O) groups is 1. The van der Waals surface area contributed by atoms with Gasteiger partial charge in [-0.25, -0.2) is 9.37 Å². The van der Waals surface area contributed by atoms with Crippen LogP contribution >= 0.6 is 23.5 Å². The number of fused-ring (bicyclic) bond motifs is 1. The van der Waals surface area contributed by atoms with Crippen LogP contribution in [0.25, 0.3) is 0 Å². The van der Waals surface area contributed by atoms with Crippen LogP contribution in [-0.4, -0.2) is 21.1 Å². The Kier molecular flexibility index (Phi) is 4.72. The zero-order valence-electron chi connectivity index (χ0n) is 12.3. The van der Waals surface area contributed by atoms with Gasteiger partial charge in [0.05, 0.1) is 10.9 Å². The van der Waals surface area contributed by atoms with Gasteiger partial charge in [0.25, 0.3) is 5.56 Å². The third kappa shape index (κ3) is 3.76. The van der Waals surface area contributed by atoms with E-state index in [2.05, 4.69) is 15.3 Å². The highest BCUT2D eigenvalue weighted by Gasteiger charge is 2.21. The molecule has 1 unspecified atom stereocenters. The van der Waals surface area contributed by atoms with Gasteiger partial charge in [-0.1, -0.05) is 11.8 Å². The zero-order valence-corrected chi connectivity index (χ0v) is 13.9. The molecule has 0 spiro atoms. The Balaban J connectivity index is 1.68. The fourth-order valence-corrected chi connectivity index (χ4v) is 3.94. The van der Waals surface area contributed by atoms with E-state index in [4.69, 9.17) is 0 Å². The van der Waals surface area contributed by atoms with Crippen molar-refractivity contribution in [1.29, 1.82) is 0 Å². The Morgan fingerprint density at radius 1 is 1.39 bits per heavy atom. The highest BCUT2D eigenvalue weighted by molar-refractivity contribution is 8.00. The summed E-state index contributed by atoms with van der Waals surface area (Å²) in [5.74, 6) is 0.814. The molecule has 0 bridgehead atoms. The van der Waals surface area contributed by atoms with Crippen molar-refractivity contribution in [2.24, 2.45) is 0 Å². The fourth-order valence-electron chi connectivity index (χ4n) is 2.09. The van der Waals surface area contributed by atoms with Gasteiger partial charge in [0.15, 0.2) is 5.16 Å². The Hall–Kier alpha value is -1.80. The molecule has 1 aliphatic rings. The van der Waals surface area contributed by atoms with Crippen LogP contribution in [0.2, 0.25) is 0 Å². The topological polar surface area (TPSA) is 74.8 Å². The van der Waals surface area contributed by atoms with E-state index in [1.54, 1.807) is 18.7 Å². The van der Waals surface area contributed by atoms with Crippen LogP contribution in [-0.2, 0) is 16.3 Å². The average molecular weight is 351 g/mol. The summed E-state index contributed by atoms with van der Waals surface area (Å²) in [4.78, 5) is 31.2. The number of rotatable bonds is 4. The van der Waals surface area contributed by atoms with Crippen molar-refractivity contribution in [1.82, 2.24) is 9.97 Å². The normalized spacial score (nSPS) is 14.3. The van der Waals surface area contributed by atoms with Crippen molar-refractivity contribution in [3.63, 3.8) is 0 Å². The van der Waals surface area contributed by atoms with Gasteiger partial charge < -0.3 is 10.3 Å². The van der Waals surface area contributed by atoms with Crippen molar-refractivity contribution >= 4 is 35.1 Å². The number of H-pyrrole nitrogens is 1. The molecule has 1 aliphatic heterocycles. The summed E-state index contributed by atoms with van der Waals surface area (Å²) in [6.07, 6.45) is 0. The molecule has 0 radical (unpaired) electrons. The van der Waals surface area contributed by atoms with E-state index in [9.17, 15) is 14.0 Å². The molecule has 2 aromatic rings. The number of amides is 1. The Morgan fingerprint density at radius 3 is 2.87 bits per heavy atom. The number of benzene rings is 1. The lowest BCUT2D eigenvalue weighted by Crippen LogP contribution is -2.23. The number of nitrogens with zero attached hydrogens (tertiary/aromatic N) is 1. The first-order valence-corrected chi connectivity index (χ1v) is 8.99. The molecular formula is C15H14FN3O2S2. The lowest BCUT2D eigenvalue weighted by molar-refractivity contribution is -0.115. The minimum atomic E-state index is -0.449. The van der Waals surface area contributed by atoms with Crippen molar-refractivity contribution in [2.45, 2.75) is 28.8 Å². The van der Waals surface area contributed by atoms with E-state index in [1.165, 1.54) is 36.0 Å². The molecule has 0 saturated heterocycles. The highest BCUT2D eigenvalue weighted by atomic mass is 32.2. The van der Waals surface area contributed by atoms with E-state index in [0.29, 0.717) is 16.6 Å². The molecule has 120 valence electrons. The molecule has 1 aromatic heterocycles. The van der Waals surface area contributed by atoms with Crippen LogP contribution in [0.4, 0.5) is 10.1 Å². The molecule has 8 heteroatoms. The first-order valence-electron chi connectivity index (χ1n) is 6.96. The van der Waals surface area contributed by atoms with Gasteiger partial charge in [-0.3, -0.25) is 9.59 Å². The van der Waals surface area contributed by atoms with Gasteiger partial charge >= 0.3 is 0 Å². The minimum Gasteiger partial charge on any atom is -0.325 e. The molecule has 0 fully saturated rings. The molecule has 1 atom stereocenters. The smallest absolute Gasteiger partial charge is 0.255 e. The quantitative estimate of drug-likeness (QED) is 0.654. The SMILES string of the molecule is CC(Sc1nc2c(c(=O)[nH]1)CSC2)C(=O)Nc1ccc(F)cc1. The van der Waals surface area contributed by atoms with Crippen LogP contribution in [0.3, 0.4) is 0 Å². The van der Waals surface area contributed by atoms with Crippen molar-refractivity contribution < 1.29 is 9.18 Å². The maximum atomic E-state index is 12.9. The van der Waals surface area contributed by atoms with E-state index in [0.717, 1.165) is 17.0 Å². The maximum absolute atomic E-state index is 12.9. The number of aromatic nitrogens is 2. The second-order valence-corrected chi connectivity index (χ2v) is 7.36. The number of hydrogen-bond donors (Lipinski definition) is 2. The fraction of sp³-hybridized carbons (Fsp3) is 0.267. The lowest BCUT2D eigenvalue weighted by atomic mass is 10.3. The number of anilines is 1. The van der Waals surface area contributed by atoms with Crippen LogP contribution in [0.15, 0.2) is 34.2 Å². The summed E-state index contributed by atoms with van der Waals surface area (Å²) in [5, 5.41) is 2.70. The predicted octanol–water partition coefficient (Wildman–Crippen LogP) is 2.78. The number of nitrogens with one attached hydrogen (secondary N) is 2. The largest absolute Gasteiger partial charge is 0.325 e. The van der Waals surface area contributed by atoms with Gasteiger partial charge in [-0.05, 0) is 31.2 Å². The first kappa shape index (κ1) is 16.1. The van der Waals surface area contributed by atoms with Gasteiger partial charge in [0.1, 0.15) is 5.82 Å². The second kappa shape index (κ2) is 6.76. The van der Waals surface area contributed by atoms with Gasteiger partial charge in [0, 0.05) is 22.8 Å².